The number of aliphatic imine (C=N–C) groups is 1. The maximum Gasteiger partial charge on any atom is 0.191 e. The van der Waals surface area contributed by atoms with E-state index in [0.717, 1.165) is 49.9 Å². The van der Waals surface area contributed by atoms with Crippen molar-refractivity contribution >= 4 is 35.6 Å². The highest BCUT2D eigenvalue weighted by Gasteiger charge is 2.12. The lowest BCUT2D eigenvalue weighted by atomic mass is 10.2. The van der Waals surface area contributed by atoms with Gasteiger partial charge >= 0.3 is 0 Å². The van der Waals surface area contributed by atoms with E-state index in [-0.39, 0.29) is 24.0 Å². The van der Waals surface area contributed by atoms with E-state index in [1.54, 1.807) is 0 Å². The van der Waals surface area contributed by atoms with Crippen molar-refractivity contribution in [3.8, 4) is 0 Å². The minimum atomic E-state index is 0. The molecule has 2 aromatic rings. The quantitative estimate of drug-likeness (QED) is 0.315. The fourth-order valence-electron chi connectivity index (χ4n) is 3.37. The van der Waals surface area contributed by atoms with Gasteiger partial charge in [0.2, 0.25) is 0 Å². The van der Waals surface area contributed by atoms with Crippen LogP contribution in [0.4, 0.5) is 0 Å². The number of halogens is 1. The molecule has 28 heavy (non-hydrogen) atoms. The van der Waals surface area contributed by atoms with Crippen molar-refractivity contribution in [2.24, 2.45) is 4.99 Å². The van der Waals surface area contributed by atoms with Crippen molar-refractivity contribution in [1.82, 2.24) is 24.9 Å². The van der Waals surface area contributed by atoms with Gasteiger partial charge in [-0.3, -0.25) is 9.89 Å². The molecule has 2 aromatic heterocycles. The molecule has 0 spiro atoms. The zero-order chi connectivity index (χ0) is 19.8. The lowest BCUT2D eigenvalue weighted by molar-refractivity contribution is 0.181. The maximum absolute atomic E-state index is 4.74. The Kier molecular flexibility index (Phi) is 10.8. The van der Waals surface area contributed by atoms with Crippen molar-refractivity contribution in [3.63, 3.8) is 0 Å². The standard InChI is InChI=1S/C21H36N6.HI/c1-7-22-21(24-12-14-27(16(2)3)17(4)5)23-11-10-19-15-26-13-8-9-18(6)20(26)25-19;/h8-9,13,15-17H,7,10-12,14H2,1-6H3,(H2,22,23,24);1H. The number of aryl methyl sites for hydroxylation is 1. The first-order valence-electron chi connectivity index (χ1n) is 10.1. The number of nitrogens with zero attached hydrogens (tertiary/aromatic N) is 4. The summed E-state index contributed by atoms with van der Waals surface area (Å²) in [5.41, 5.74) is 3.33. The number of hydrogen-bond donors (Lipinski definition) is 2. The van der Waals surface area contributed by atoms with Crippen LogP contribution in [0.1, 0.15) is 45.9 Å². The summed E-state index contributed by atoms with van der Waals surface area (Å²) in [6.45, 7) is 16.6. The molecule has 0 aliphatic heterocycles. The fraction of sp³-hybridized carbons (Fsp3) is 0.619. The molecule has 2 N–H and O–H groups in total. The van der Waals surface area contributed by atoms with Crippen molar-refractivity contribution in [2.45, 2.75) is 60.0 Å². The van der Waals surface area contributed by atoms with E-state index in [2.05, 4.69) is 79.8 Å². The lowest BCUT2D eigenvalue weighted by Gasteiger charge is -2.29. The van der Waals surface area contributed by atoms with Crippen LogP contribution in [-0.4, -0.2) is 58.5 Å². The number of pyridine rings is 1. The molecule has 0 bridgehead atoms. The van der Waals surface area contributed by atoms with Gasteiger partial charge in [0.1, 0.15) is 5.65 Å². The van der Waals surface area contributed by atoms with Crippen LogP contribution in [0, 0.1) is 6.92 Å². The SMILES string of the molecule is CCNC(=NCCN(C(C)C)C(C)C)NCCc1cn2cccc(C)c2n1.I. The van der Waals surface area contributed by atoms with E-state index >= 15 is 0 Å². The predicted octanol–water partition coefficient (Wildman–Crippen LogP) is 3.48. The normalized spacial score (nSPS) is 12.1. The molecule has 2 rings (SSSR count). The van der Waals surface area contributed by atoms with E-state index < -0.39 is 0 Å². The summed E-state index contributed by atoms with van der Waals surface area (Å²) in [6, 6.07) is 5.22. The van der Waals surface area contributed by atoms with Crippen LogP contribution in [0.2, 0.25) is 0 Å². The fourth-order valence-corrected chi connectivity index (χ4v) is 3.37. The highest BCUT2D eigenvalue weighted by molar-refractivity contribution is 14.0. The third-order valence-corrected chi connectivity index (χ3v) is 4.70. The number of hydrogen-bond acceptors (Lipinski definition) is 3. The minimum Gasteiger partial charge on any atom is -0.357 e. The molecule has 0 aliphatic rings. The van der Waals surface area contributed by atoms with Gasteiger partial charge in [0.25, 0.3) is 0 Å². The van der Waals surface area contributed by atoms with E-state index in [4.69, 9.17) is 9.98 Å². The largest absolute Gasteiger partial charge is 0.357 e. The molecule has 0 saturated carbocycles. The van der Waals surface area contributed by atoms with E-state index in [1.165, 1.54) is 5.56 Å². The van der Waals surface area contributed by atoms with Crippen molar-refractivity contribution in [3.05, 3.63) is 35.8 Å². The lowest BCUT2D eigenvalue weighted by Crippen LogP contribution is -2.41. The van der Waals surface area contributed by atoms with Crippen molar-refractivity contribution < 1.29 is 0 Å². The summed E-state index contributed by atoms with van der Waals surface area (Å²) in [5.74, 6) is 0.880. The molecule has 6 nitrogen and oxygen atoms in total. The Hall–Kier alpha value is -1.35. The Labute approximate surface area is 187 Å². The summed E-state index contributed by atoms with van der Waals surface area (Å²) in [7, 11) is 0. The first-order chi connectivity index (χ1) is 12.9. The number of aromatic nitrogens is 2. The molecule has 158 valence electrons. The molecule has 0 unspecified atom stereocenters. The highest BCUT2D eigenvalue weighted by Crippen LogP contribution is 2.10. The van der Waals surface area contributed by atoms with Gasteiger partial charge in [0.15, 0.2) is 5.96 Å². The Bertz CT molecular complexity index is 730. The molecule has 0 fully saturated rings. The second kappa shape index (κ2) is 12.3. The van der Waals surface area contributed by atoms with Gasteiger partial charge in [-0.1, -0.05) is 6.07 Å². The second-order valence-corrected chi connectivity index (χ2v) is 7.52. The van der Waals surface area contributed by atoms with E-state index in [1.807, 2.05) is 6.20 Å². The van der Waals surface area contributed by atoms with Gasteiger partial charge in [0, 0.05) is 50.5 Å². The third-order valence-electron chi connectivity index (χ3n) is 4.70. The van der Waals surface area contributed by atoms with Gasteiger partial charge in [-0.2, -0.15) is 0 Å². The third kappa shape index (κ3) is 7.24. The summed E-state index contributed by atoms with van der Waals surface area (Å²) in [6.07, 6.45) is 5.03. The summed E-state index contributed by atoms with van der Waals surface area (Å²) >= 11 is 0. The second-order valence-electron chi connectivity index (χ2n) is 7.52. The smallest absolute Gasteiger partial charge is 0.191 e. The number of imidazole rings is 1. The van der Waals surface area contributed by atoms with Crippen LogP contribution >= 0.6 is 24.0 Å². The Morgan fingerprint density at radius 1 is 1.21 bits per heavy atom. The molecule has 0 radical (unpaired) electrons. The van der Waals surface area contributed by atoms with Crippen molar-refractivity contribution in [1.29, 1.82) is 0 Å². The van der Waals surface area contributed by atoms with Gasteiger partial charge in [0.05, 0.1) is 12.2 Å². The average Bonchev–Trinajstić information content (AvgIpc) is 3.02. The average molecular weight is 500 g/mol. The molecule has 2 heterocycles. The zero-order valence-electron chi connectivity index (χ0n) is 18.2. The molecule has 0 aromatic carbocycles. The highest BCUT2D eigenvalue weighted by atomic mass is 127. The Balaban J connectivity index is 0.00000392. The molecule has 0 saturated heterocycles. The first kappa shape index (κ1) is 24.7. The maximum atomic E-state index is 4.74. The molecular weight excluding hydrogens is 463 g/mol. The van der Waals surface area contributed by atoms with Gasteiger partial charge < -0.3 is 15.0 Å². The van der Waals surface area contributed by atoms with Crippen molar-refractivity contribution in [2.75, 3.05) is 26.2 Å². The number of guanidine groups is 1. The Morgan fingerprint density at radius 3 is 2.54 bits per heavy atom. The summed E-state index contributed by atoms with van der Waals surface area (Å²) in [5, 5.41) is 6.76. The van der Waals surface area contributed by atoms with Gasteiger partial charge in [-0.05, 0) is 53.2 Å². The molecular formula is C21H37IN6. The number of fused-ring (bicyclic) bond motifs is 1. The first-order valence-corrected chi connectivity index (χ1v) is 10.1. The zero-order valence-corrected chi connectivity index (χ0v) is 20.5. The molecule has 0 atom stereocenters. The monoisotopic (exact) mass is 500 g/mol. The topological polar surface area (TPSA) is 57.0 Å². The summed E-state index contributed by atoms with van der Waals surface area (Å²) < 4.78 is 2.09. The van der Waals surface area contributed by atoms with Gasteiger partial charge in [-0.15, -0.1) is 24.0 Å². The van der Waals surface area contributed by atoms with Crippen LogP contribution in [0.3, 0.4) is 0 Å². The van der Waals surface area contributed by atoms with Crippen LogP contribution in [-0.2, 0) is 6.42 Å². The van der Waals surface area contributed by atoms with Crippen LogP contribution < -0.4 is 10.6 Å². The van der Waals surface area contributed by atoms with Gasteiger partial charge in [-0.25, -0.2) is 4.98 Å². The van der Waals surface area contributed by atoms with Crippen LogP contribution in [0.5, 0.6) is 0 Å². The molecule has 7 heteroatoms. The number of nitrogens with one attached hydrogen (secondary N) is 2. The van der Waals surface area contributed by atoms with Crippen LogP contribution in [0.15, 0.2) is 29.5 Å². The summed E-state index contributed by atoms with van der Waals surface area (Å²) in [4.78, 5) is 11.9. The predicted molar refractivity (Wildman–Crippen MR) is 130 cm³/mol. The van der Waals surface area contributed by atoms with Crippen LogP contribution in [0.25, 0.3) is 5.65 Å². The molecule has 0 amide bonds. The molecule has 0 aliphatic carbocycles. The van der Waals surface area contributed by atoms with E-state index in [9.17, 15) is 0 Å². The minimum absolute atomic E-state index is 0. The number of rotatable bonds is 9. The van der Waals surface area contributed by atoms with E-state index in [0.29, 0.717) is 12.1 Å². The Morgan fingerprint density at radius 2 is 1.93 bits per heavy atom.